The van der Waals surface area contributed by atoms with Crippen LogP contribution in [-0.4, -0.2) is 36.1 Å². The van der Waals surface area contributed by atoms with Gasteiger partial charge in [-0.3, -0.25) is 4.90 Å². The van der Waals surface area contributed by atoms with Crippen molar-refractivity contribution in [2.24, 2.45) is 5.41 Å². The predicted molar refractivity (Wildman–Crippen MR) is 70.8 cm³/mol. The maximum Gasteiger partial charge on any atom is 0.217 e. The zero-order valence-corrected chi connectivity index (χ0v) is 11.4. The molecule has 4 heteroatoms. The number of pyridine rings is 1. The molecule has 0 aromatic carbocycles. The second kappa shape index (κ2) is 5.33. The molecule has 0 aliphatic carbocycles. The van der Waals surface area contributed by atoms with Crippen molar-refractivity contribution in [1.82, 2.24) is 15.2 Å². The van der Waals surface area contributed by atoms with Gasteiger partial charge in [0.25, 0.3) is 0 Å². The summed E-state index contributed by atoms with van der Waals surface area (Å²) in [5, 5.41) is 3.34. The Labute approximate surface area is 108 Å². The van der Waals surface area contributed by atoms with Crippen molar-refractivity contribution in [2.75, 3.05) is 26.2 Å². The summed E-state index contributed by atoms with van der Waals surface area (Å²) in [6, 6.07) is 3.76. The number of rotatable bonds is 2. The molecule has 100 valence electrons. The first-order valence-electron chi connectivity index (χ1n) is 6.55. The lowest BCUT2D eigenvalue weighted by Gasteiger charge is -2.42. The quantitative estimate of drug-likeness (QED) is 0.817. The van der Waals surface area contributed by atoms with Crippen LogP contribution in [-0.2, 0) is 0 Å². The van der Waals surface area contributed by atoms with Crippen molar-refractivity contribution in [2.45, 2.75) is 26.8 Å². The van der Waals surface area contributed by atoms with Gasteiger partial charge in [-0.15, -0.1) is 0 Å². The fourth-order valence-corrected chi connectivity index (χ4v) is 2.75. The lowest BCUT2D eigenvalue weighted by Crippen LogP contribution is -2.48. The average molecular weight is 251 g/mol. The summed E-state index contributed by atoms with van der Waals surface area (Å²) in [6.45, 7) is 10.3. The summed E-state index contributed by atoms with van der Waals surface area (Å²) in [5.74, 6) is -0.337. The molecule has 1 saturated heterocycles. The van der Waals surface area contributed by atoms with E-state index in [1.807, 2.05) is 12.1 Å². The number of nitrogens with one attached hydrogen (secondary N) is 1. The average Bonchev–Trinajstić information content (AvgIpc) is 2.32. The van der Waals surface area contributed by atoms with Gasteiger partial charge in [0.2, 0.25) is 5.95 Å². The third-order valence-corrected chi connectivity index (χ3v) is 3.42. The highest BCUT2D eigenvalue weighted by molar-refractivity contribution is 5.18. The highest BCUT2D eigenvalue weighted by Crippen LogP contribution is 2.38. The molecule has 0 radical (unpaired) electrons. The Kier molecular flexibility index (Phi) is 3.97. The van der Waals surface area contributed by atoms with E-state index in [2.05, 4.69) is 36.0 Å². The Balaban J connectivity index is 2.34. The third-order valence-electron chi connectivity index (χ3n) is 3.42. The molecule has 1 atom stereocenters. The van der Waals surface area contributed by atoms with Crippen LogP contribution in [0.2, 0.25) is 0 Å². The minimum atomic E-state index is -0.337. The summed E-state index contributed by atoms with van der Waals surface area (Å²) in [6.07, 6.45) is 1.51. The Morgan fingerprint density at radius 2 is 2.00 bits per heavy atom. The first-order chi connectivity index (χ1) is 8.50. The van der Waals surface area contributed by atoms with E-state index in [0.29, 0.717) is 5.56 Å². The minimum absolute atomic E-state index is 0.0127. The zero-order valence-electron chi connectivity index (χ0n) is 11.4. The van der Waals surface area contributed by atoms with Gasteiger partial charge in [0, 0.05) is 44.0 Å². The van der Waals surface area contributed by atoms with Gasteiger partial charge in [0.05, 0.1) is 0 Å². The van der Waals surface area contributed by atoms with E-state index < -0.39 is 0 Å². The molecule has 1 fully saturated rings. The number of aromatic nitrogens is 1. The van der Waals surface area contributed by atoms with Crippen LogP contribution in [0, 0.1) is 11.4 Å². The van der Waals surface area contributed by atoms with Gasteiger partial charge in [-0.25, -0.2) is 4.98 Å². The molecule has 1 N–H and O–H groups in total. The van der Waals surface area contributed by atoms with Gasteiger partial charge in [-0.05, 0) is 11.5 Å². The molecular weight excluding hydrogens is 229 g/mol. The summed E-state index contributed by atoms with van der Waals surface area (Å²) < 4.78 is 14.0. The monoisotopic (exact) mass is 251 g/mol. The van der Waals surface area contributed by atoms with Crippen LogP contribution in [0.3, 0.4) is 0 Å². The highest BCUT2D eigenvalue weighted by atomic mass is 19.1. The Morgan fingerprint density at radius 3 is 2.56 bits per heavy atom. The van der Waals surface area contributed by atoms with Crippen LogP contribution in [0.25, 0.3) is 0 Å². The number of hydrogen-bond acceptors (Lipinski definition) is 3. The predicted octanol–water partition coefficient (Wildman–Crippen LogP) is 2.21. The summed E-state index contributed by atoms with van der Waals surface area (Å²) >= 11 is 0. The number of nitrogens with zero attached hydrogens (tertiary/aromatic N) is 2. The van der Waals surface area contributed by atoms with Crippen LogP contribution in [0.1, 0.15) is 32.4 Å². The molecule has 1 aliphatic rings. The Hall–Kier alpha value is -1.00. The van der Waals surface area contributed by atoms with Gasteiger partial charge in [0.1, 0.15) is 0 Å². The van der Waals surface area contributed by atoms with E-state index in [1.165, 1.54) is 6.20 Å². The van der Waals surface area contributed by atoms with Crippen LogP contribution >= 0.6 is 0 Å². The van der Waals surface area contributed by atoms with E-state index >= 15 is 0 Å². The fourth-order valence-electron chi connectivity index (χ4n) is 2.75. The Bertz CT molecular complexity index is 394. The standard InChI is InChI=1S/C14H22FN3/c1-14(2,3)12(18-9-7-16-8-10-18)11-5-4-6-17-13(11)15/h4-6,12,16H,7-10H2,1-3H3/t12-/m1/s1. The van der Waals surface area contributed by atoms with Crippen LogP contribution < -0.4 is 5.32 Å². The molecule has 1 aliphatic heterocycles. The van der Waals surface area contributed by atoms with Crippen molar-refractivity contribution >= 4 is 0 Å². The van der Waals surface area contributed by atoms with Crippen molar-refractivity contribution in [3.8, 4) is 0 Å². The molecule has 2 heterocycles. The molecule has 0 unspecified atom stereocenters. The van der Waals surface area contributed by atoms with Crippen LogP contribution in [0.4, 0.5) is 4.39 Å². The Morgan fingerprint density at radius 1 is 1.33 bits per heavy atom. The van der Waals surface area contributed by atoms with Crippen molar-refractivity contribution in [3.63, 3.8) is 0 Å². The van der Waals surface area contributed by atoms with Crippen LogP contribution in [0.5, 0.6) is 0 Å². The molecule has 1 aromatic rings. The van der Waals surface area contributed by atoms with Gasteiger partial charge >= 0.3 is 0 Å². The molecule has 0 saturated carbocycles. The first-order valence-corrected chi connectivity index (χ1v) is 6.55. The van der Waals surface area contributed by atoms with E-state index in [1.54, 1.807) is 0 Å². The molecule has 1 aromatic heterocycles. The second-order valence-corrected chi connectivity index (χ2v) is 5.94. The van der Waals surface area contributed by atoms with E-state index in [-0.39, 0.29) is 17.4 Å². The van der Waals surface area contributed by atoms with Gasteiger partial charge in [0.15, 0.2) is 0 Å². The third kappa shape index (κ3) is 2.87. The molecule has 3 nitrogen and oxygen atoms in total. The lowest BCUT2D eigenvalue weighted by molar-refractivity contribution is 0.0828. The van der Waals surface area contributed by atoms with Crippen molar-refractivity contribution in [1.29, 1.82) is 0 Å². The smallest absolute Gasteiger partial charge is 0.217 e. The van der Waals surface area contributed by atoms with Gasteiger partial charge < -0.3 is 5.32 Å². The van der Waals surface area contributed by atoms with Crippen LogP contribution in [0.15, 0.2) is 18.3 Å². The molecule has 0 spiro atoms. The van der Waals surface area contributed by atoms with E-state index in [4.69, 9.17) is 0 Å². The minimum Gasteiger partial charge on any atom is -0.314 e. The fraction of sp³-hybridized carbons (Fsp3) is 0.643. The second-order valence-electron chi connectivity index (χ2n) is 5.94. The number of piperazine rings is 1. The maximum atomic E-state index is 14.0. The normalized spacial score (nSPS) is 19.8. The largest absolute Gasteiger partial charge is 0.314 e. The highest BCUT2D eigenvalue weighted by Gasteiger charge is 2.34. The number of halogens is 1. The maximum absolute atomic E-state index is 14.0. The zero-order chi connectivity index (χ0) is 13.2. The SMILES string of the molecule is CC(C)(C)[C@@H](c1cccnc1F)N1CCNCC1. The van der Waals surface area contributed by atoms with Crippen molar-refractivity contribution in [3.05, 3.63) is 29.8 Å². The summed E-state index contributed by atoms with van der Waals surface area (Å²) in [7, 11) is 0. The molecular formula is C14H22FN3. The molecule has 0 bridgehead atoms. The topological polar surface area (TPSA) is 28.2 Å². The molecule has 18 heavy (non-hydrogen) atoms. The van der Waals surface area contributed by atoms with Gasteiger partial charge in [-0.2, -0.15) is 4.39 Å². The first kappa shape index (κ1) is 13.4. The van der Waals surface area contributed by atoms with E-state index in [0.717, 1.165) is 26.2 Å². The number of hydrogen-bond donors (Lipinski definition) is 1. The van der Waals surface area contributed by atoms with Gasteiger partial charge in [-0.1, -0.05) is 26.8 Å². The molecule has 0 amide bonds. The van der Waals surface area contributed by atoms with Crippen molar-refractivity contribution < 1.29 is 4.39 Å². The summed E-state index contributed by atoms with van der Waals surface area (Å²) in [5.41, 5.74) is 0.702. The lowest BCUT2D eigenvalue weighted by atomic mass is 9.81. The van der Waals surface area contributed by atoms with E-state index in [9.17, 15) is 4.39 Å². The summed E-state index contributed by atoms with van der Waals surface area (Å²) in [4.78, 5) is 6.16. The molecule has 2 rings (SSSR count).